The third-order valence-corrected chi connectivity index (χ3v) is 4.70. The summed E-state index contributed by atoms with van der Waals surface area (Å²) in [5.41, 5.74) is 0. The van der Waals surface area contributed by atoms with E-state index in [1.807, 2.05) is 11.3 Å². The number of hydrogen-bond acceptors (Lipinski definition) is 4. The highest BCUT2D eigenvalue weighted by atomic mass is 32.1. The van der Waals surface area contributed by atoms with Crippen LogP contribution < -0.4 is 5.32 Å². The van der Waals surface area contributed by atoms with Crippen molar-refractivity contribution in [1.82, 2.24) is 10.2 Å². The molecule has 0 aromatic carbocycles. The fraction of sp³-hybridized carbons (Fsp3) is 0.750. The summed E-state index contributed by atoms with van der Waals surface area (Å²) in [6.45, 7) is 12.9. The summed E-state index contributed by atoms with van der Waals surface area (Å²) in [5.74, 6) is 0.716. The van der Waals surface area contributed by atoms with Crippen molar-refractivity contribution >= 4 is 11.3 Å². The van der Waals surface area contributed by atoms with Crippen LogP contribution in [0.1, 0.15) is 36.9 Å². The van der Waals surface area contributed by atoms with Crippen molar-refractivity contribution in [3.63, 3.8) is 0 Å². The van der Waals surface area contributed by atoms with E-state index in [-0.39, 0.29) is 0 Å². The van der Waals surface area contributed by atoms with Gasteiger partial charge in [0.1, 0.15) is 0 Å². The summed E-state index contributed by atoms with van der Waals surface area (Å²) in [4.78, 5) is 5.44. The maximum atomic E-state index is 5.73. The van der Waals surface area contributed by atoms with E-state index in [0.29, 0.717) is 12.0 Å². The molecule has 0 radical (unpaired) electrons. The SMILES string of the molecule is CCC1CN(Cc2ccc(CNCC(C)C)s2)CCO1. The Morgan fingerprint density at radius 2 is 2.20 bits per heavy atom. The smallest absolute Gasteiger partial charge is 0.0700 e. The van der Waals surface area contributed by atoms with Gasteiger partial charge in [0.15, 0.2) is 0 Å². The summed E-state index contributed by atoms with van der Waals surface area (Å²) in [7, 11) is 0. The molecule has 1 fully saturated rings. The lowest BCUT2D eigenvalue weighted by Crippen LogP contribution is -2.41. The number of ether oxygens (including phenoxy) is 1. The molecule has 20 heavy (non-hydrogen) atoms. The summed E-state index contributed by atoms with van der Waals surface area (Å²) in [6.07, 6.45) is 1.54. The normalized spacial score (nSPS) is 20.7. The van der Waals surface area contributed by atoms with Crippen molar-refractivity contribution < 1.29 is 4.74 Å². The molecular formula is C16H28N2OS. The van der Waals surface area contributed by atoms with E-state index >= 15 is 0 Å². The fourth-order valence-corrected chi connectivity index (χ4v) is 3.51. The average molecular weight is 296 g/mol. The van der Waals surface area contributed by atoms with Crippen LogP contribution in [0.5, 0.6) is 0 Å². The number of hydrogen-bond donors (Lipinski definition) is 1. The number of thiophene rings is 1. The lowest BCUT2D eigenvalue weighted by molar-refractivity contribution is -0.0321. The van der Waals surface area contributed by atoms with Gasteiger partial charge in [0.25, 0.3) is 0 Å². The van der Waals surface area contributed by atoms with Gasteiger partial charge >= 0.3 is 0 Å². The molecule has 0 saturated carbocycles. The second-order valence-electron chi connectivity index (χ2n) is 6.03. The molecular weight excluding hydrogens is 268 g/mol. The molecule has 4 heteroatoms. The Morgan fingerprint density at radius 3 is 2.95 bits per heavy atom. The lowest BCUT2D eigenvalue weighted by atomic mass is 10.2. The van der Waals surface area contributed by atoms with Gasteiger partial charge < -0.3 is 10.1 Å². The van der Waals surface area contributed by atoms with Crippen LogP contribution in [-0.2, 0) is 17.8 Å². The van der Waals surface area contributed by atoms with Crippen LogP contribution in [0.4, 0.5) is 0 Å². The van der Waals surface area contributed by atoms with Crippen molar-refractivity contribution in [2.45, 2.75) is 46.4 Å². The highest BCUT2D eigenvalue weighted by Crippen LogP contribution is 2.20. The Balaban J connectivity index is 1.77. The maximum absolute atomic E-state index is 5.73. The van der Waals surface area contributed by atoms with Crippen molar-refractivity contribution in [1.29, 1.82) is 0 Å². The third kappa shape index (κ3) is 5.17. The molecule has 1 aliphatic rings. The predicted molar refractivity (Wildman–Crippen MR) is 86.2 cm³/mol. The Kier molecular flexibility index (Phi) is 6.49. The standard InChI is InChI=1S/C16H28N2OS/c1-4-14-11-18(7-8-19-14)12-16-6-5-15(20-16)10-17-9-13(2)3/h5-6,13-14,17H,4,7-12H2,1-3H3. The zero-order valence-corrected chi connectivity index (χ0v) is 13.8. The zero-order chi connectivity index (χ0) is 14.4. The van der Waals surface area contributed by atoms with Gasteiger partial charge in [-0.05, 0) is 31.0 Å². The Morgan fingerprint density at radius 1 is 1.40 bits per heavy atom. The first kappa shape index (κ1) is 16.0. The van der Waals surface area contributed by atoms with Gasteiger partial charge in [0.05, 0.1) is 12.7 Å². The summed E-state index contributed by atoms with van der Waals surface area (Å²) in [5, 5.41) is 3.51. The molecule has 0 amide bonds. The first-order valence-corrected chi connectivity index (χ1v) is 8.61. The molecule has 3 nitrogen and oxygen atoms in total. The molecule has 1 unspecified atom stereocenters. The largest absolute Gasteiger partial charge is 0.376 e. The topological polar surface area (TPSA) is 24.5 Å². The monoisotopic (exact) mass is 296 g/mol. The van der Waals surface area contributed by atoms with E-state index in [1.165, 1.54) is 9.75 Å². The molecule has 1 N–H and O–H groups in total. The van der Waals surface area contributed by atoms with Crippen LogP contribution in [0.15, 0.2) is 12.1 Å². The number of morpholine rings is 1. The van der Waals surface area contributed by atoms with Gasteiger partial charge in [-0.1, -0.05) is 20.8 Å². The van der Waals surface area contributed by atoms with Crippen LogP contribution in [0.2, 0.25) is 0 Å². The van der Waals surface area contributed by atoms with Crippen LogP contribution >= 0.6 is 11.3 Å². The molecule has 0 spiro atoms. The van der Waals surface area contributed by atoms with Gasteiger partial charge in [0, 0.05) is 35.9 Å². The van der Waals surface area contributed by atoms with E-state index in [9.17, 15) is 0 Å². The average Bonchev–Trinajstić information content (AvgIpc) is 2.86. The van der Waals surface area contributed by atoms with Crippen LogP contribution in [0, 0.1) is 5.92 Å². The quantitative estimate of drug-likeness (QED) is 0.837. The fourth-order valence-electron chi connectivity index (χ4n) is 2.48. The van der Waals surface area contributed by atoms with Crippen LogP contribution in [0.3, 0.4) is 0 Å². The molecule has 1 aromatic heterocycles. The van der Waals surface area contributed by atoms with Gasteiger partial charge in [-0.2, -0.15) is 0 Å². The number of nitrogens with zero attached hydrogens (tertiary/aromatic N) is 1. The molecule has 0 bridgehead atoms. The zero-order valence-electron chi connectivity index (χ0n) is 13.0. The highest BCUT2D eigenvalue weighted by molar-refractivity contribution is 7.11. The van der Waals surface area contributed by atoms with Gasteiger partial charge in [-0.3, -0.25) is 4.90 Å². The molecule has 1 atom stereocenters. The van der Waals surface area contributed by atoms with Gasteiger partial charge in [-0.15, -0.1) is 11.3 Å². The Bertz CT molecular complexity index is 392. The van der Waals surface area contributed by atoms with Crippen LogP contribution in [-0.4, -0.2) is 37.2 Å². The molecule has 2 heterocycles. The second kappa shape index (κ2) is 8.13. The maximum Gasteiger partial charge on any atom is 0.0700 e. The van der Waals surface area contributed by atoms with Crippen molar-refractivity contribution in [3.05, 3.63) is 21.9 Å². The van der Waals surface area contributed by atoms with E-state index < -0.39 is 0 Å². The van der Waals surface area contributed by atoms with E-state index in [2.05, 4.69) is 43.1 Å². The molecule has 0 aliphatic carbocycles. The minimum Gasteiger partial charge on any atom is -0.376 e. The predicted octanol–water partition coefficient (Wildman–Crippen LogP) is 3.10. The van der Waals surface area contributed by atoms with Gasteiger partial charge in [-0.25, -0.2) is 0 Å². The Labute approximate surface area is 127 Å². The van der Waals surface area contributed by atoms with Gasteiger partial charge in [0.2, 0.25) is 0 Å². The second-order valence-corrected chi connectivity index (χ2v) is 7.28. The minimum atomic E-state index is 0.427. The Hall–Kier alpha value is -0.420. The number of nitrogens with one attached hydrogen (secondary N) is 1. The molecule has 1 aliphatic heterocycles. The minimum absolute atomic E-state index is 0.427. The third-order valence-electron chi connectivity index (χ3n) is 3.63. The van der Waals surface area contributed by atoms with Crippen LogP contribution in [0.25, 0.3) is 0 Å². The molecule has 2 rings (SSSR count). The van der Waals surface area contributed by atoms with Crippen molar-refractivity contribution in [2.24, 2.45) is 5.92 Å². The summed E-state index contributed by atoms with van der Waals surface area (Å²) < 4.78 is 5.73. The lowest BCUT2D eigenvalue weighted by Gasteiger charge is -2.32. The van der Waals surface area contributed by atoms with Crippen molar-refractivity contribution in [2.75, 3.05) is 26.2 Å². The number of rotatable bonds is 7. The first-order valence-electron chi connectivity index (χ1n) is 7.79. The molecule has 114 valence electrons. The van der Waals surface area contributed by atoms with E-state index in [0.717, 1.165) is 45.8 Å². The summed E-state index contributed by atoms with van der Waals surface area (Å²) >= 11 is 1.94. The molecule has 1 aromatic rings. The molecule has 1 saturated heterocycles. The van der Waals surface area contributed by atoms with E-state index in [4.69, 9.17) is 4.74 Å². The first-order chi connectivity index (χ1) is 9.67. The van der Waals surface area contributed by atoms with E-state index in [1.54, 1.807) is 0 Å². The highest BCUT2D eigenvalue weighted by Gasteiger charge is 2.19. The van der Waals surface area contributed by atoms with Crippen molar-refractivity contribution in [3.8, 4) is 0 Å². The summed E-state index contributed by atoms with van der Waals surface area (Å²) in [6, 6.07) is 4.55.